The smallest absolute Gasteiger partial charge is 0.258 e. The molecule has 0 aliphatic rings. The second-order valence-corrected chi connectivity index (χ2v) is 6.85. The van der Waals surface area contributed by atoms with E-state index in [1.54, 1.807) is 36.7 Å². The van der Waals surface area contributed by atoms with E-state index >= 15 is 0 Å². The lowest BCUT2D eigenvalue weighted by molar-refractivity contribution is -0.129. The molecule has 30 heavy (non-hydrogen) atoms. The molecule has 1 aromatic heterocycles. The van der Waals surface area contributed by atoms with Gasteiger partial charge in [0, 0.05) is 48.7 Å². The maximum atomic E-state index is 12.7. The molecular weight excluding hydrogens is 382 g/mol. The Kier molecular flexibility index (Phi) is 6.13. The van der Waals surface area contributed by atoms with Crippen molar-refractivity contribution in [3.05, 3.63) is 65.9 Å². The fourth-order valence-electron chi connectivity index (χ4n) is 3.15. The van der Waals surface area contributed by atoms with Gasteiger partial charge in [0.15, 0.2) is 6.19 Å². The zero-order valence-electron chi connectivity index (χ0n) is 16.6. The summed E-state index contributed by atoms with van der Waals surface area (Å²) in [5, 5.41) is 15.4. The first kappa shape index (κ1) is 20.6. The van der Waals surface area contributed by atoms with Crippen LogP contribution in [0.1, 0.15) is 22.8 Å². The monoisotopic (exact) mass is 403 g/mol. The molecule has 1 unspecified atom stereocenters. The van der Waals surface area contributed by atoms with Gasteiger partial charge in [-0.15, -0.1) is 0 Å². The summed E-state index contributed by atoms with van der Waals surface area (Å²) in [5.41, 5.74) is 2.68. The number of hydrogen-bond donors (Lipinski definition) is 3. The van der Waals surface area contributed by atoms with E-state index in [0.29, 0.717) is 11.3 Å². The Hall–Kier alpha value is -4.12. The van der Waals surface area contributed by atoms with Crippen molar-refractivity contribution in [2.75, 3.05) is 12.4 Å². The fourth-order valence-corrected chi connectivity index (χ4v) is 3.15. The summed E-state index contributed by atoms with van der Waals surface area (Å²) in [6, 6.07) is 13.1. The molecular formula is C22H21N5O3. The van der Waals surface area contributed by atoms with Crippen LogP contribution in [0.25, 0.3) is 10.9 Å². The standard InChI is InChI=1S/C22H21N5O3/c1-14(28)25-17-9-7-15(8-10-17)21(29)26-20(22(30)27(2)13-23)11-16-12-24-19-6-4-3-5-18(16)19/h3-10,12,20,24H,11H2,1-2H3,(H,25,28)(H,26,29). The number of anilines is 1. The minimum atomic E-state index is -0.920. The summed E-state index contributed by atoms with van der Waals surface area (Å²) in [6.07, 6.45) is 3.81. The van der Waals surface area contributed by atoms with E-state index in [9.17, 15) is 14.4 Å². The second-order valence-electron chi connectivity index (χ2n) is 6.85. The highest BCUT2D eigenvalue weighted by molar-refractivity contribution is 5.98. The van der Waals surface area contributed by atoms with Gasteiger partial charge in [0.2, 0.25) is 5.91 Å². The van der Waals surface area contributed by atoms with Gasteiger partial charge in [0.05, 0.1) is 0 Å². The van der Waals surface area contributed by atoms with Crippen LogP contribution in [0.15, 0.2) is 54.7 Å². The van der Waals surface area contributed by atoms with Crippen LogP contribution in [-0.4, -0.2) is 40.7 Å². The molecule has 0 bridgehead atoms. The van der Waals surface area contributed by atoms with Gasteiger partial charge in [-0.2, -0.15) is 5.26 Å². The molecule has 0 radical (unpaired) electrons. The number of benzene rings is 2. The zero-order valence-corrected chi connectivity index (χ0v) is 16.6. The van der Waals surface area contributed by atoms with Gasteiger partial charge in [-0.25, -0.2) is 0 Å². The second kappa shape index (κ2) is 8.92. The summed E-state index contributed by atoms with van der Waals surface area (Å²) in [6.45, 7) is 1.40. The molecule has 0 saturated carbocycles. The number of hydrogen-bond acceptors (Lipinski definition) is 4. The zero-order chi connectivity index (χ0) is 21.7. The van der Waals surface area contributed by atoms with E-state index in [0.717, 1.165) is 21.4 Å². The van der Waals surface area contributed by atoms with Crippen molar-refractivity contribution in [1.29, 1.82) is 5.26 Å². The minimum absolute atomic E-state index is 0.212. The number of rotatable bonds is 6. The lowest BCUT2D eigenvalue weighted by Gasteiger charge is -2.20. The summed E-state index contributed by atoms with van der Waals surface area (Å²) >= 11 is 0. The maximum Gasteiger partial charge on any atom is 0.258 e. The highest BCUT2D eigenvalue weighted by Gasteiger charge is 2.26. The average molecular weight is 403 g/mol. The Labute approximate surface area is 173 Å². The van der Waals surface area contributed by atoms with Gasteiger partial charge in [-0.3, -0.25) is 19.3 Å². The molecule has 0 fully saturated rings. The van der Waals surface area contributed by atoms with Gasteiger partial charge in [0.25, 0.3) is 11.8 Å². The first-order valence-electron chi connectivity index (χ1n) is 9.30. The topological polar surface area (TPSA) is 118 Å². The number of H-pyrrole nitrogens is 1. The highest BCUT2D eigenvalue weighted by atomic mass is 16.2. The number of aromatic nitrogens is 1. The van der Waals surface area contributed by atoms with Crippen LogP contribution in [0.4, 0.5) is 5.69 Å². The third kappa shape index (κ3) is 4.64. The summed E-state index contributed by atoms with van der Waals surface area (Å²) in [5.74, 6) is -1.17. The Morgan fingerprint density at radius 2 is 1.83 bits per heavy atom. The third-order valence-corrected chi connectivity index (χ3v) is 4.65. The molecule has 1 atom stereocenters. The van der Waals surface area contributed by atoms with Crippen molar-refractivity contribution < 1.29 is 14.4 Å². The van der Waals surface area contributed by atoms with Gasteiger partial charge in [0.1, 0.15) is 6.04 Å². The average Bonchev–Trinajstić information content (AvgIpc) is 3.15. The van der Waals surface area contributed by atoms with Crippen molar-refractivity contribution >= 4 is 34.3 Å². The van der Waals surface area contributed by atoms with Crippen LogP contribution in [-0.2, 0) is 16.0 Å². The number of amides is 3. The molecule has 0 saturated heterocycles. The van der Waals surface area contributed by atoms with Crippen molar-refractivity contribution in [1.82, 2.24) is 15.2 Å². The molecule has 2 aromatic carbocycles. The molecule has 152 valence electrons. The number of carbonyl (C=O) groups excluding carboxylic acids is 3. The molecule has 8 heteroatoms. The van der Waals surface area contributed by atoms with Crippen LogP contribution < -0.4 is 10.6 Å². The van der Waals surface area contributed by atoms with Crippen LogP contribution in [0.5, 0.6) is 0 Å². The van der Waals surface area contributed by atoms with E-state index in [-0.39, 0.29) is 12.3 Å². The number of para-hydroxylation sites is 1. The van der Waals surface area contributed by atoms with Gasteiger partial charge in [-0.1, -0.05) is 18.2 Å². The van der Waals surface area contributed by atoms with E-state index < -0.39 is 17.9 Å². The van der Waals surface area contributed by atoms with Crippen LogP contribution >= 0.6 is 0 Å². The van der Waals surface area contributed by atoms with Gasteiger partial charge < -0.3 is 15.6 Å². The molecule has 0 spiro atoms. The molecule has 0 aliphatic carbocycles. The molecule has 3 aromatic rings. The molecule has 1 heterocycles. The number of aromatic amines is 1. The quantitative estimate of drug-likeness (QED) is 0.433. The first-order chi connectivity index (χ1) is 14.4. The van der Waals surface area contributed by atoms with Crippen LogP contribution in [0.2, 0.25) is 0 Å². The predicted octanol–water partition coefficient (Wildman–Crippen LogP) is 2.41. The Bertz CT molecular complexity index is 1130. The van der Waals surface area contributed by atoms with Crippen molar-refractivity contribution in [2.24, 2.45) is 0 Å². The van der Waals surface area contributed by atoms with E-state index in [1.807, 2.05) is 24.3 Å². The SMILES string of the molecule is CC(=O)Nc1ccc(C(=O)NC(Cc2c[nH]c3ccccc23)C(=O)N(C)C#N)cc1. The molecule has 3 rings (SSSR count). The highest BCUT2D eigenvalue weighted by Crippen LogP contribution is 2.20. The molecule has 8 nitrogen and oxygen atoms in total. The Morgan fingerprint density at radius 3 is 2.50 bits per heavy atom. The van der Waals surface area contributed by atoms with Gasteiger partial charge >= 0.3 is 0 Å². The molecule has 3 amide bonds. The number of nitrogens with zero attached hydrogens (tertiary/aromatic N) is 2. The number of nitrogens with one attached hydrogen (secondary N) is 3. The minimum Gasteiger partial charge on any atom is -0.361 e. The Balaban J connectivity index is 1.82. The van der Waals surface area contributed by atoms with Crippen LogP contribution in [0, 0.1) is 11.5 Å². The van der Waals surface area contributed by atoms with Crippen molar-refractivity contribution in [2.45, 2.75) is 19.4 Å². The number of carbonyl (C=O) groups is 3. The van der Waals surface area contributed by atoms with Gasteiger partial charge in [-0.05, 0) is 35.9 Å². The number of fused-ring (bicyclic) bond motifs is 1. The van der Waals surface area contributed by atoms with Crippen molar-refractivity contribution in [3.63, 3.8) is 0 Å². The number of likely N-dealkylation sites (N-methyl/N-ethyl adjacent to an activating group) is 1. The first-order valence-corrected chi connectivity index (χ1v) is 9.30. The van der Waals surface area contributed by atoms with Crippen LogP contribution in [0.3, 0.4) is 0 Å². The van der Waals surface area contributed by atoms with Crippen molar-refractivity contribution in [3.8, 4) is 6.19 Å². The normalized spacial score (nSPS) is 11.4. The molecule has 0 aliphatic heterocycles. The predicted molar refractivity (Wildman–Crippen MR) is 112 cm³/mol. The van der Waals surface area contributed by atoms with E-state index in [2.05, 4.69) is 15.6 Å². The third-order valence-electron chi connectivity index (χ3n) is 4.65. The summed E-state index contributed by atoms with van der Waals surface area (Å²) < 4.78 is 0. The van der Waals surface area contributed by atoms with E-state index in [4.69, 9.17) is 5.26 Å². The van der Waals surface area contributed by atoms with E-state index in [1.165, 1.54) is 14.0 Å². The maximum absolute atomic E-state index is 12.7. The number of nitriles is 1. The fraction of sp³-hybridized carbons (Fsp3) is 0.182. The molecule has 3 N–H and O–H groups in total. The summed E-state index contributed by atoms with van der Waals surface area (Å²) in [4.78, 5) is 40.6. The largest absolute Gasteiger partial charge is 0.361 e. The lowest BCUT2D eigenvalue weighted by Crippen LogP contribution is -2.47. The Morgan fingerprint density at radius 1 is 1.13 bits per heavy atom. The summed E-state index contributed by atoms with van der Waals surface area (Å²) in [7, 11) is 1.36. The lowest BCUT2D eigenvalue weighted by atomic mass is 10.0.